The quantitative estimate of drug-likeness (QED) is 0.728. The number of rotatable bonds is 1. The highest BCUT2D eigenvalue weighted by molar-refractivity contribution is 5.44. The fourth-order valence-corrected chi connectivity index (χ4v) is 1.55. The molecule has 1 saturated heterocycles. The molecule has 1 N–H and O–H groups in total. The second-order valence-corrected chi connectivity index (χ2v) is 3.36. The molecule has 3 heteroatoms. The van der Waals surface area contributed by atoms with E-state index in [4.69, 9.17) is 4.74 Å². The number of hydrogen-bond donors (Lipinski definition) is 1. The molecule has 0 bridgehead atoms. The van der Waals surface area contributed by atoms with Gasteiger partial charge in [0.2, 0.25) is 0 Å². The Morgan fingerprint density at radius 3 is 2.86 bits per heavy atom. The second kappa shape index (κ2) is 4.98. The number of benzene rings is 1. The summed E-state index contributed by atoms with van der Waals surface area (Å²) in [6.45, 7) is 3.55. The first-order valence-corrected chi connectivity index (χ1v) is 5.11. The Bertz CT molecular complexity index is 255. The van der Waals surface area contributed by atoms with Crippen LogP contribution in [0, 0.1) is 0 Å². The maximum absolute atomic E-state index is 5.44. The summed E-state index contributed by atoms with van der Waals surface area (Å²) in [6.07, 6.45) is 1.07. The van der Waals surface area contributed by atoms with Gasteiger partial charge in [-0.25, -0.2) is 5.43 Å². The van der Waals surface area contributed by atoms with Crippen LogP contribution in [0.15, 0.2) is 30.3 Å². The van der Waals surface area contributed by atoms with Gasteiger partial charge in [0.15, 0.2) is 0 Å². The van der Waals surface area contributed by atoms with Crippen LogP contribution < -0.4 is 10.4 Å². The fourth-order valence-electron chi connectivity index (χ4n) is 1.55. The Hall–Kier alpha value is -1.06. The van der Waals surface area contributed by atoms with E-state index in [2.05, 4.69) is 34.7 Å². The van der Waals surface area contributed by atoms with Crippen molar-refractivity contribution in [3.8, 4) is 0 Å². The lowest BCUT2D eigenvalue weighted by atomic mass is 10.3. The van der Waals surface area contributed by atoms with Gasteiger partial charge < -0.3 is 9.75 Å². The molecule has 1 aliphatic rings. The lowest BCUT2D eigenvalue weighted by Crippen LogP contribution is -2.42. The summed E-state index contributed by atoms with van der Waals surface area (Å²) in [5.41, 5.74) is 4.60. The van der Waals surface area contributed by atoms with Gasteiger partial charge >= 0.3 is 0 Å². The number of hydrazine groups is 1. The Morgan fingerprint density at radius 1 is 1.14 bits per heavy atom. The predicted molar refractivity (Wildman–Crippen MR) is 57.2 cm³/mol. The maximum atomic E-state index is 5.44. The van der Waals surface area contributed by atoms with Gasteiger partial charge in [0.1, 0.15) is 0 Å². The summed E-state index contributed by atoms with van der Waals surface area (Å²) in [5.74, 6) is 0. The van der Waals surface area contributed by atoms with Crippen LogP contribution >= 0.6 is 0 Å². The highest BCUT2D eigenvalue weighted by atomic mass is 16.5. The van der Waals surface area contributed by atoms with Crippen molar-refractivity contribution in [3.63, 3.8) is 0 Å². The van der Waals surface area contributed by atoms with E-state index in [-0.39, 0.29) is 0 Å². The molecule has 0 amide bonds. The summed E-state index contributed by atoms with van der Waals surface area (Å²) < 4.78 is 5.44. The van der Waals surface area contributed by atoms with Gasteiger partial charge in [-0.05, 0) is 18.6 Å². The van der Waals surface area contributed by atoms with E-state index >= 15 is 0 Å². The molecule has 1 heterocycles. The van der Waals surface area contributed by atoms with Crippen molar-refractivity contribution in [1.82, 2.24) is 5.43 Å². The standard InChI is InChI=1S/C11H16N2O/c1-2-5-11(6-3-1)13-8-10-14-9-4-7-12-13/h1-3,5-6,12H,4,7-10H2. The minimum atomic E-state index is 0.794. The number of nitrogens with one attached hydrogen (secondary N) is 1. The van der Waals surface area contributed by atoms with Crippen molar-refractivity contribution in [2.75, 3.05) is 31.3 Å². The van der Waals surface area contributed by atoms with Gasteiger partial charge in [-0.3, -0.25) is 0 Å². The SMILES string of the molecule is c1ccc(N2CCOCCCN2)cc1. The maximum Gasteiger partial charge on any atom is 0.0657 e. The molecule has 0 aliphatic carbocycles. The Labute approximate surface area is 84.6 Å². The largest absolute Gasteiger partial charge is 0.379 e. The molecule has 3 nitrogen and oxygen atoms in total. The minimum absolute atomic E-state index is 0.794. The summed E-state index contributed by atoms with van der Waals surface area (Å²) in [7, 11) is 0. The molecule has 76 valence electrons. The van der Waals surface area contributed by atoms with Crippen LogP contribution in [0.3, 0.4) is 0 Å². The fraction of sp³-hybridized carbons (Fsp3) is 0.455. The third-order valence-electron chi connectivity index (χ3n) is 2.30. The molecule has 0 saturated carbocycles. The van der Waals surface area contributed by atoms with Crippen LogP contribution in [-0.2, 0) is 4.74 Å². The van der Waals surface area contributed by atoms with Crippen LogP contribution in [0.25, 0.3) is 0 Å². The van der Waals surface area contributed by atoms with Gasteiger partial charge in [-0.15, -0.1) is 0 Å². The molecule has 0 unspecified atom stereocenters. The number of nitrogens with zero attached hydrogens (tertiary/aromatic N) is 1. The van der Waals surface area contributed by atoms with E-state index in [0.717, 1.165) is 32.7 Å². The van der Waals surface area contributed by atoms with Crippen LogP contribution in [0.5, 0.6) is 0 Å². The smallest absolute Gasteiger partial charge is 0.0657 e. The van der Waals surface area contributed by atoms with Crippen LogP contribution in [-0.4, -0.2) is 26.3 Å². The van der Waals surface area contributed by atoms with Crippen LogP contribution in [0.2, 0.25) is 0 Å². The van der Waals surface area contributed by atoms with Crippen molar-refractivity contribution in [2.24, 2.45) is 0 Å². The molecule has 0 atom stereocenters. The van der Waals surface area contributed by atoms with Crippen molar-refractivity contribution >= 4 is 5.69 Å². The molecule has 1 aliphatic heterocycles. The zero-order valence-electron chi connectivity index (χ0n) is 8.28. The number of para-hydroxylation sites is 1. The molecule has 14 heavy (non-hydrogen) atoms. The Kier molecular flexibility index (Phi) is 3.38. The van der Waals surface area contributed by atoms with Crippen molar-refractivity contribution in [2.45, 2.75) is 6.42 Å². The lowest BCUT2D eigenvalue weighted by Gasteiger charge is -2.27. The first-order chi connectivity index (χ1) is 6.97. The van der Waals surface area contributed by atoms with E-state index in [0.29, 0.717) is 0 Å². The molecular formula is C11H16N2O. The van der Waals surface area contributed by atoms with E-state index in [1.165, 1.54) is 5.69 Å². The van der Waals surface area contributed by atoms with E-state index < -0.39 is 0 Å². The van der Waals surface area contributed by atoms with Crippen LogP contribution in [0.4, 0.5) is 5.69 Å². The summed E-state index contributed by atoms with van der Waals surface area (Å²) in [5, 5.41) is 2.15. The monoisotopic (exact) mass is 192 g/mol. The Morgan fingerprint density at radius 2 is 2.00 bits per heavy atom. The molecule has 2 rings (SSSR count). The normalized spacial score (nSPS) is 18.7. The molecule has 0 spiro atoms. The molecule has 1 fully saturated rings. The van der Waals surface area contributed by atoms with E-state index in [9.17, 15) is 0 Å². The molecule has 1 aromatic rings. The first-order valence-electron chi connectivity index (χ1n) is 5.11. The van der Waals surface area contributed by atoms with Crippen molar-refractivity contribution < 1.29 is 4.74 Å². The highest BCUT2D eigenvalue weighted by Gasteiger charge is 2.07. The zero-order valence-corrected chi connectivity index (χ0v) is 8.28. The van der Waals surface area contributed by atoms with Crippen LogP contribution in [0.1, 0.15) is 6.42 Å². The second-order valence-electron chi connectivity index (χ2n) is 3.36. The zero-order chi connectivity index (χ0) is 9.64. The van der Waals surface area contributed by atoms with Gasteiger partial charge in [-0.2, -0.15) is 0 Å². The molecule has 0 aromatic heterocycles. The van der Waals surface area contributed by atoms with Gasteiger partial charge in [0, 0.05) is 13.2 Å². The minimum Gasteiger partial charge on any atom is -0.379 e. The van der Waals surface area contributed by atoms with Gasteiger partial charge in [0.05, 0.1) is 18.8 Å². The van der Waals surface area contributed by atoms with Crippen molar-refractivity contribution in [3.05, 3.63) is 30.3 Å². The summed E-state index contributed by atoms with van der Waals surface area (Å²) >= 11 is 0. The molecule has 0 radical (unpaired) electrons. The Balaban J connectivity index is 2.01. The van der Waals surface area contributed by atoms with Crippen molar-refractivity contribution in [1.29, 1.82) is 0 Å². The topological polar surface area (TPSA) is 24.5 Å². The third kappa shape index (κ3) is 2.47. The first kappa shape index (κ1) is 9.49. The number of anilines is 1. The lowest BCUT2D eigenvalue weighted by molar-refractivity contribution is 0.127. The van der Waals surface area contributed by atoms with E-state index in [1.54, 1.807) is 0 Å². The van der Waals surface area contributed by atoms with Gasteiger partial charge in [-0.1, -0.05) is 18.2 Å². The highest BCUT2D eigenvalue weighted by Crippen LogP contribution is 2.10. The third-order valence-corrected chi connectivity index (χ3v) is 2.30. The van der Waals surface area contributed by atoms with E-state index in [1.807, 2.05) is 6.07 Å². The van der Waals surface area contributed by atoms with Gasteiger partial charge in [0.25, 0.3) is 0 Å². The molecule has 1 aromatic carbocycles. The summed E-state index contributed by atoms with van der Waals surface area (Å²) in [4.78, 5) is 0. The summed E-state index contributed by atoms with van der Waals surface area (Å²) in [6, 6.07) is 10.3. The predicted octanol–water partition coefficient (Wildman–Crippen LogP) is 1.42. The molecular weight excluding hydrogens is 176 g/mol. The average Bonchev–Trinajstić information content (AvgIpc) is 2.18. The average molecular weight is 192 g/mol. The number of ether oxygens (including phenoxy) is 1. The number of hydrogen-bond acceptors (Lipinski definition) is 3.